The van der Waals surface area contributed by atoms with Crippen molar-refractivity contribution < 1.29 is 86.7 Å². The van der Waals surface area contributed by atoms with E-state index in [4.69, 9.17) is 23.3 Å². The lowest BCUT2D eigenvalue weighted by atomic mass is 9.96. The number of carbonyl (C=O) groups is 2. The van der Waals surface area contributed by atoms with Gasteiger partial charge in [-0.1, -0.05) is 129 Å². The van der Waals surface area contributed by atoms with Gasteiger partial charge in [0.15, 0.2) is 18.6 Å². The van der Waals surface area contributed by atoms with Gasteiger partial charge in [0.2, 0.25) is 5.91 Å². The van der Waals surface area contributed by atoms with Crippen molar-refractivity contribution in [3.63, 3.8) is 0 Å². The van der Waals surface area contributed by atoms with E-state index >= 15 is 0 Å². The molecular formula is C43H77N3O20P2. The quantitative estimate of drug-likeness (QED) is 0.0265. The number of ether oxygens (including phenoxy) is 3. The van der Waals surface area contributed by atoms with Crippen LogP contribution in [0.1, 0.15) is 161 Å². The number of amides is 1. The van der Waals surface area contributed by atoms with Gasteiger partial charge in [0.1, 0.15) is 36.6 Å². The van der Waals surface area contributed by atoms with Gasteiger partial charge in [0.05, 0.1) is 38.3 Å². The highest BCUT2D eigenvalue weighted by atomic mass is 31.3. The standard InChI is InChI=1S/C43H77N3O20P2/c1-3-5-7-9-11-13-15-17-19-21-29(48)25-34(51)44-36-40(64-35(52)26-30(49)22-20-18-16-14-12-10-8-6-4-2)38(54)31(27-47)63-42(36)65-68(59,60)66-67(57,58)61-28-32-37(53)39(55)41(62-32)46-24-23-33(50)45-43(46)56/h23-24,29-32,36-42,47-49,53-55H,3-22,25-28H2,1-2H3,(H,44,51)(H,57,58)(H,59,60)(H,45,50,56)/t29-,30-,31-,32-,36-,37-,38-,39-,40-,41-,42-/m1/s1. The molecule has 68 heavy (non-hydrogen) atoms. The molecule has 2 fully saturated rings. The zero-order valence-corrected chi connectivity index (χ0v) is 41.1. The summed E-state index contributed by atoms with van der Waals surface area (Å²) in [5.41, 5.74) is -1.79. The Kier molecular flexibility index (Phi) is 27.4. The monoisotopic (exact) mass is 1020 g/mol. The van der Waals surface area contributed by atoms with Crippen LogP contribution in [0.5, 0.6) is 0 Å². The minimum absolute atomic E-state index is 0.245. The first kappa shape index (κ1) is 59.9. The van der Waals surface area contributed by atoms with E-state index in [1.54, 1.807) is 0 Å². The minimum Gasteiger partial charge on any atom is -0.457 e. The fourth-order valence-electron chi connectivity index (χ4n) is 8.08. The summed E-state index contributed by atoms with van der Waals surface area (Å²) in [4.78, 5) is 73.5. The van der Waals surface area contributed by atoms with Crippen LogP contribution in [0.25, 0.3) is 0 Å². The topological polar surface area (TPSA) is 352 Å². The van der Waals surface area contributed by atoms with E-state index in [0.29, 0.717) is 12.8 Å². The second-order valence-corrected chi connectivity index (χ2v) is 20.7. The van der Waals surface area contributed by atoms with Gasteiger partial charge in [-0.05, 0) is 12.8 Å². The molecule has 2 unspecified atom stereocenters. The van der Waals surface area contributed by atoms with Gasteiger partial charge >= 0.3 is 27.3 Å². The predicted octanol–water partition coefficient (Wildman–Crippen LogP) is 3.22. The van der Waals surface area contributed by atoms with Crippen LogP contribution in [0.4, 0.5) is 0 Å². The third-order valence-corrected chi connectivity index (χ3v) is 14.5. The summed E-state index contributed by atoms with van der Waals surface area (Å²) in [7, 11) is -11.6. The molecule has 0 aromatic carbocycles. The van der Waals surface area contributed by atoms with Crippen LogP contribution in [0.15, 0.2) is 21.9 Å². The van der Waals surface area contributed by atoms with Gasteiger partial charge in [-0.15, -0.1) is 0 Å². The Labute approximate surface area is 397 Å². The molecule has 0 aliphatic carbocycles. The summed E-state index contributed by atoms with van der Waals surface area (Å²) in [6.07, 6.45) is 1.76. The number of esters is 1. The number of aliphatic hydroxyl groups is 6. The highest BCUT2D eigenvalue weighted by Crippen LogP contribution is 2.61. The van der Waals surface area contributed by atoms with Crippen LogP contribution in [-0.4, -0.2) is 136 Å². The number of carbonyl (C=O) groups excluding carboxylic acids is 2. The number of hydrogen-bond donors (Lipinski definition) is 10. The number of unbranched alkanes of at least 4 members (excludes halogenated alkanes) is 16. The summed E-state index contributed by atoms with van der Waals surface area (Å²) in [5.74, 6) is -1.98. The maximum atomic E-state index is 13.4. The average molecular weight is 1020 g/mol. The molecule has 3 rings (SSSR count). The number of aromatic amines is 1. The highest BCUT2D eigenvalue weighted by Gasteiger charge is 2.52. The lowest BCUT2D eigenvalue weighted by molar-refractivity contribution is -0.253. The Morgan fingerprint density at radius 1 is 0.750 bits per heavy atom. The molecule has 0 spiro atoms. The second-order valence-electron chi connectivity index (χ2n) is 17.7. The molecule has 0 saturated carbocycles. The van der Waals surface area contributed by atoms with Gasteiger partial charge in [0, 0.05) is 12.3 Å². The largest absolute Gasteiger partial charge is 0.483 e. The average Bonchev–Trinajstić information content (AvgIpc) is 3.54. The van der Waals surface area contributed by atoms with Crippen molar-refractivity contribution >= 4 is 27.5 Å². The third kappa shape index (κ3) is 21.5. The molecule has 23 nitrogen and oxygen atoms in total. The van der Waals surface area contributed by atoms with Crippen LogP contribution in [0, 0.1) is 0 Å². The molecule has 1 aromatic heterocycles. The summed E-state index contributed by atoms with van der Waals surface area (Å²) in [6.45, 7) is 2.20. The highest BCUT2D eigenvalue weighted by molar-refractivity contribution is 7.61. The van der Waals surface area contributed by atoms with Crippen molar-refractivity contribution in [2.45, 2.75) is 222 Å². The van der Waals surface area contributed by atoms with Crippen molar-refractivity contribution in [3.05, 3.63) is 33.1 Å². The number of phosphoric ester groups is 2. The lowest BCUT2D eigenvalue weighted by Crippen LogP contribution is -2.65. The van der Waals surface area contributed by atoms with E-state index < -0.39 is 132 Å². The van der Waals surface area contributed by atoms with Crippen molar-refractivity contribution in [2.24, 2.45) is 0 Å². The molecule has 0 radical (unpaired) electrons. The molecule has 13 atom stereocenters. The normalized spacial score (nSPS) is 26.7. The Bertz CT molecular complexity index is 1840. The van der Waals surface area contributed by atoms with Crippen LogP contribution in [-0.2, 0) is 46.3 Å². The fraction of sp³-hybridized carbons (Fsp3) is 0.860. The molecule has 2 aliphatic rings. The van der Waals surface area contributed by atoms with Crippen LogP contribution < -0.4 is 16.6 Å². The summed E-state index contributed by atoms with van der Waals surface area (Å²) >= 11 is 0. The zero-order chi connectivity index (χ0) is 50.3. The first-order valence-corrected chi connectivity index (χ1v) is 27.1. The molecule has 25 heteroatoms. The van der Waals surface area contributed by atoms with Crippen LogP contribution in [0.3, 0.4) is 0 Å². The van der Waals surface area contributed by atoms with Crippen LogP contribution >= 0.6 is 15.6 Å². The first-order valence-electron chi connectivity index (χ1n) is 24.1. The smallest absolute Gasteiger partial charge is 0.457 e. The Balaban J connectivity index is 1.70. The molecule has 10 N–H and O–H groups in total. The Hall–Kier alpha value is -2.44. The van der Waals surface area contributed by atoms with Gasteiger partial charge < -0.3 is 60.0 Å². The number of nitrogens with zero attached hydrogens (tertiary/aromatic N) is 1. The molecule has 394 valence electrons. The Morgan fingerprint density at radius 2 is 1.28 bits per heavy atom. The number of nitrogens with one attached hydrogen (secondary N) is 2. The number of phosphoric acid groups is 2. The number of rotatable bonds is 35. The fourth-order valence-corrected chi connectivity index (χ4v) is 10.2. The van der Waals surface area contributed by atoms with Crippen molar-refractivity contribution in [1.29, 1.82) is 0 Å². The lowest BCUT2D eigenvalue weighted by Gasteiger charge is -2.43. The zero-order valence-electron chi connectivity index (χ0n) is 39.3. The minimum atomic E-state index is -5.89. The van der Waals surface area contributed by atoms with Crippen molar-refractivity contribution in [1.82, 2.24) is 14.9 Å². The Morgan fingerprint density at radius 3 is 1.81 bits per heavy atom. The van der Waals surface area contributed by atoms with Crippen molar-refractivity contribution in [2.75, 3.05) is 13.2 Å². The number of hydrogen-bond acceptors (Lipinski definition) is 18. The SMILES string of the molecule is CCCCCCCCCCC[C@@H](O)CC(=O)N[C@H]1[C@@H](OP(=O)(O)OP(=O)(O)OC[C@H]2O[C@@H](n3ccc(=O)[nH]c3=O)[C@H](O)[C@@H]2O)O[C@H](CO)[C@@H](O)[C@@H]1OC(=O)C[C@H](O)CCCCCCCCCCC. The first-order chi connectivity index (χ1) is 32.3. The van der Waals surface area contributed by atoms with E-state index in [9.17, 15) is 68.7 Å². The number of aromatic nitrogens is 2. The molecule has 1 amide bonds. The summed E-state index contributed by atoms with van der Waals surface area (Å²) < 4.78 is 57.8. The third-order valence-electron chi connectivity index (χ3n) is 11.9. The van der Waals surface area contributed by atoms with E-state index in [-0.39, 0.29) is 12.8 Å². The van der Waals surface area contributed by atoms with Crippen LogP contribution in [0.2, 0.25) is 0 Å². The molecule has 3 heterocycles. The molecule has 1 aromatic rings. The van der Waals surface area contributed by atoms with Gasteiger partial charge in [0.25, 0.3) is 5.56 Å². The maximum absolute atomic E-state index is 13.4. The van der Waals surface area contributed by atoms with E-state index in [1.807, 2.05) is 4.98 Å². The summed E-state index contributed by atoms with van der Waals surface area (Å²) in [6, 6.07) is -0.977. The van der Waals surface area contributed by atoms with E-state index in [1.165, 1.54) is 25.7 Å². The second kappa shape index (κ2) is 31.1. The maximum Gasteiger partial charge on any atom is 0.483 e. The molecule has 0 bridgehead atoms. The van der Waals surface area contributed by atoms with Gasteiger partial charge in [-0.25, -0.2) is 13.9 Å². The van der Waals surface area contributed by atoms with E-state index in [2.05, 4.69) is 23.5 Å². The molecule has 2 saturated heterocycles. The number of H-pyrrole nitrogens is 1. The number of aliphatic hydroxyl groups excluding tert-OH is 6. The van der Waals surface area contributed by atoms with Gasteiger partial charge in [-0.2, -0.15) is 4.31 Å². The predicted molar refractivity (Wildman–Crippen MR) is 244 cm³/mol. The van der Waals surface area contributed by atoms with Gasteiger partial charge in [-0.3, -0.25) is 33.0 Å². The van der Waals surface area contributed by atoms with E-state index in [0.717, 1.165) is 93.9 Å². The molecule has 2 aliphatic heterocycles. The molecular weight excluding hydrogens is 940 g/mol. The van der Waals surface area contributed by atoms with Crippen molar-refractivity contribution in [3.8, 4) is 0 Å². The summed E-state index contributed by atoms with van der Waals surface area (Å²) in [5, 5.41) is 66.1.